The molecule has 0 bridgehead atoms. The van der Waals surface area contributed by atoms with Gasteiger partial charge in [-0.05, 0) is 55.5 Å². The van der Waals surface area contributed by atoms with Gasteiger partial charge in [0.1, 0.15) is 0 Å². The molecule has 1 aliphatic heterocycles. The maximum absolute atomic E-state index is 6.02. The van der Waals surface area contributed by atoms with E-state index in [2.05, 4.69) is 30.4 Å². The van der Waals surface area contributed by atoms with Crippen LogP contribution in [0, 0.1) is 5.92 Å². The van der Waals surface area contributed by atoms with E-state index in [1.807, 2.05) is 6.07 Å². The van der Waals surface area contributed by atoms with Crippen LogP contribution in [-0.2, 0) is 0 Å². The highest BCUT2D eigenvalue weighted by molar-refractivity contribution is 6.30. The fourth-order valence-corrected chi connectivity index (χ4v) is 2.60. The molecule has 15 heavy (non-hydrogen) atoms. The van der Waals surface area contributed by atoms with E-state index in [0.29, 0.717) is 5.92 Å². The number of hydrogen-bond acceptors (Lipinski definition) is 1. The molecular weight excluding hydrogens is 206 g/mol. The lowest BCUT2D eigenvalue weighted by Gasteiger charge is -2.28. The van der Waals surface area contributed by atoms with Crippen LogP contribution >= 0.6 is 11.6 Å². The smallest absolute Gasteiger partial charge is 0.0408 e. The first-order valence-electron chi connectivity index (χ1n) is 5.73. The summed E-state index contributed by atoms with van der Waals surface area (Å²) in [5.74, 6) is 1.44. The van der Waals surface area contributed by atoms with E-state index in [4.69, 9.17) is 11.6 Å². The van der Waals surface area contributed by atoms with Crippen molar-refractivity contribution in [3.63, 3.8) is 0 Å². The Hall–Kier alpha value is -0.530. The molecule has 0 aromatic heterocycles. The summed E-state index contributed by atoms with van der Waals surface area (Å²) in [5, 5.41) is 4.26. The van der Waals surface area contributed by atoms with Gasteiger partial charge in [-0.25, -0.2) is 0 Å². The van der Waals surface area contributed by atoms with Crippen molar-refractivity contribution in [1.82, 2.24) is 5.32 Å². The summed E-state index contributed by atoms with van der Waals surface area (Å²) in [6.45, 7) is 4.65. The van der Waals surface area contributed by atoms with E-state index in [9.17, 15) is 0 Å². The first-order chi connectivity index (χ1) is 7.27. The zero-order valence-electron chi connectivity index (χ0n) is 9.17. The molecule has 1 N–H and O–H groups in total. The monoisotopic (exact) mass is 223 g/mol. The predicted molar refractivity (Wildman–Crippen MR) is 65.5 cm³/mol. The van der Waals surface area contributed by atoms with Gasteiger partial charge in [-0.15, -0.1) is 0 Å². The predicted octanol–water partition coefficient (Wildman–Crippen LogP) is 3.44. The van der Waals surface area contributed by atoms with Crippen molar-refractivity contribution >= 4 is 11.6 Å². The number of nitrogens with one attached hydrogen (secondary N) is 1. The van der Waals surface area contributed by atoms with Crippen LogP contribution in [0.1, 0.15) is 31.2 Å². The molecule has 0 spiro atoms. The van der Waals surface area contributed by atoms with E-state index in [1.54, 1.807) is 0 Å². The maximum atomic E-state index is 6.02. The summed E-state index contributed by atoms with van der Waals surface area (Å²) in [6, 6.07) is 8.29. The zero-order chi connectivity index (χ0) is 10.7. The molecule has 0 saturated carbocycles. The van der Waals surface area contributed by atoms with Gasteiger partial charge in [-0.3, -0.25) is 0 Å². The third kappa shape index (κ3) is 2.73. The van der Waals surface area contributed by atoms with E-state index in [0.717, 1.165) is 24.0 Å². The standard InChI is InChI=1S/C13H18ClN/c1-10(11-5-7-15-8-6-11)12-3-2-4-13(14)9-12/h2-4,9-11,15H,5-8H2,1H3. The fraction of sp³-hybridized carbons (Fsp3) is 0.538. The van der Waals surface area contributed by atoms with Gasteiger partial charge in [0.25, 0.3) is 0 Å². The summed E-state index contributed by atoms with van der Waals surface area (Å²) >= 11 is 6.02. The molecule has 2 heteroatoms. The molecule has 1 fully saturated rings. The second-order valence-electron chi connectivity index (χ2n) is 4.43. The zero-order valence-corrected chi connectivity index (χ0v) is 9.93. The SMILES string of the molecule is CC(c1cccc(Cl)c1)C1CCNCC1. The quantitative estimate of drug-likeness (QED) is 0.810. The minimum atomic E-state index is 0.630. The third-order valence-electron chi connectivity index (χ3n) is 3.47. The molecule has 0 amide bonds. The molecule has 1 atom stereocenters. The van der Waals surface area contributed by atoms with Crippen LogP contribution in [0.25, 0.3) is 0 Å². The Morgan fingerprint density at radius 3 is 2.73 bits per heavy atom. The van der Waals surface area contributed by atoms with E-state index in [1.165, 1.54) is 18.4 Å². The molecule has 1 aliphatic rings. The summed E-state index contributed by atoms with van der Waals surface area (Å²) < 4.78 is 0. The Labute approximate surface area is 96.8 Å². The maximum Gasteiger partial charge on any atom is 0.0408 e. The Morgan fingerprint density at radius 2 is 2.07 bits per heavy atom. The molecule has 1 aromatic carbocycles. The van der Waals surface area contributed by atoms with Crippen LogP contribution in [0.4, 0.5) is 0 Å². The average Bonchev–Trinajstić information content (AvgIpc) is 2.29. The molecular formula is C13H18ClN. The summed E-state index contributed by atoms with van der Waals surface area (Å²) in [5.41, 5.74) is 1.38. The topological polar surface area (TPSA) is 12.0 Å². The average molecular weight is 224 g/mol. The van der Waals surface area contributed by atoms with Crippen molar-refractivity contribution in [1.29, 1.82) is 0 Å². The van der Waals surface area contributed by atoms with Crippen molar-refractivity contribution in [2.45, 2.75) is 25.7 Å². The molecule has 1 heterocycles. The molecule has 1 nitrogen and oxygen atoms in total. The number of hydrogen-bond donors (Lipinski definition) is 1. The molecule has 1 aromatic rings. The van der Waals surface area contributed by atoms with Crippen molar-refractivity contribution < 1.29 is 0 Å². The van der Waals surface area contributed by atoms with Gasteiger partial charge in [-0.1, -0.05) is 30.7 Å². The van der Waals surface area contributed by atoms with E-state index >= 15 is 0 Å². The Balaban J connectivity index is 2.08. The first kappa shape index (κ1) is 11.0. The highest BCUT2D eigenvalue weighted by atomic mass is 35.5. The van der Waals surface area contributed by atoms with Gasteiger partial charge in [0.2, 0.25) is 0 Å². The molecule has 0 radical (unpaired) electrons. The summed E-state index contributed by atoms with van der Waals surface area (Å²) in [6.07, 6.45) is 2.57. The van der Waals surface area contributed by atoms with Crippen molar-refractivity contribution in [3.8, 4) is 0 Å². The lowest BCUT2D eigenvalue weighted by atomic mass is 9.82. The molecule has 82 valence electrons. The Bertz CT molecular complexity index is 318. The Morgan fingerprint density at radius 1 is 1.33 bits per heavy atom. The normalized spacial score (nSPS) is 20.1. The van der Waals surface area contributed by atoms with Gasteiger partial charge in [0, 0.05) is 5.02 Å². The lowest BCUT2D eigenvalue weighted by molar-refractivity contribution is 0.330. The fourth-order valence-electron chi connectivity index (χ4n) is 2.41. The van der Waals surface area contributed by atoms with Crippen LogP contribution in [0.5, 0.6) is 0 Å². The first-order valence-corrected chi connectivity index (χ1v) is 6.11. The van der Waals surface area contributed by atoms with Gasteiger partial charge < -0.3 is 5.32 Å². The lowest BCUT2D eigenvalue weighted by Crippen LogP contribution is -2.30. The van der Waals surface area contributed by atoms with Crippen LogP contribution in [0.15, 0.2) is 24.3 Å². The van der Waals surface area contributed by atoms with Gasteiger partial charge in [0.15, 0.2) is 0 Å². The second-order valence-corrected chi connectivity index (χ2v) is 4.87. The summed E-state index contributed by atoms with van der Waals surface area (Å²) in [4.78, 5) is 0. The van der Waals surface area contributed by atoms with Crippen LogP contribution in [0.2, 0.25) is 5.02 Å². The van der Waals surface area contributed by atoms with Crippen molar-refractivity contribution in [2.24, 2.45) is 5.92 Å². The molecule has 1 unspecified atom stereocenters. The van der Waals surface area contributed by atoms with Gasteiger partial charge in [-0.2, -0.15) is 0 Å². The van der Waals surface area contributed by atoms with Gasteiger partial charge >= 0.3 is 0 Å². The molecule has 0 aliphatic carbocycles. The number of piperidine rings is 1. The van der Waals surface area contributed by atoms with Crippen molar-refractivity contribution in [3.05, 3.63) is 34.9 Å². The largest absolute Gasteiger partial charge is 0.317 e. The van der Waals surface area contributed by atoms with Crippen LogP contribution in [0.3, 0.4) is 0 Å². The third-order valence-corrected chi connectivity index (χ3v) is 3.70. The summed E-state index contributed by atoms with van der Waals surface area (Å²) in [7, 11) is 0. The molecule has 1 saturated heterocycles. The van der Waals surface area contributed by atoms with Crippen molar-refractivity contribution in [2.75, 3.05) is 13.1 Å². The minimum absolute atomic E-state index is 0.630. The Kier molecular flexibility index (Phi) is 3.66. The second kappa shape index (κ2) is 5.00. The van der Waals surface area contributed by atoms with Gasteiger partial charge in [0.05, 0.1) is 0 Å². The van der Waals surface area contributed by atoms with E-state index < -0.39 is 0 Å². The minimum Gasteiger partial charge on any atom is -0.317 e. The molecule has 2 rings (SSSR count). The van der Waals surface area contributed by atoms with E-state index in [-0.39, 0.29) is 0 Å². The van der Waals surface area contributed by atoms with Crippen LogP contribution in [-0.4, -0.2) is 13.1 Å². The number of benzene rings is 1. The number of rotatable bonds is 2. The highest BCUT2D eigenvalue weighted by Gasteiger charge is 2.20. The van der Waals surface area contributed by atoms with Crippen LogP contribution < -0.4 is 5.32 Å². The highest BCUT2D eigenvalue weighted by Crippen LogP contribution is 2.31. The number of halogens is 1.